The summed E-state index contributed by atoms with van der Waals surface area (Å²) in [5.74, 6) is 0.443. The Hall–Kier alpha value is -0.570. The Labute approximate surface area is 73.7 Å². The molecule has 1 aliphatic carbocycles. The predicted molar refractivity (Wildman–Crippen MR) is 48.6 cm³/mol. The third-order valence-electron chi connectivity index (χ3n) is 2.39. The van der Waals surface area contributed by atoms with E-state index in [-0.39, 0.29) is 18.0 Å². The molecular weight excluding hydrogens is 152 g/mol. The van der Waals surface area contributed by atoms with E-state index in [0.29, 0.717) is 5.92 Å². The average Bonchev–Trinajstić information content (AvgIpc) is 1.81. The van der Waals surface area contributed by atoms with Crippen molar-refractivity contribution in [3.8, 4) is 0 Å². The quantitative estimate of drug-likeness (QED) is 0.653. The van der Waals surface area contributed by atoms with Crippen LogP contribution < -0.4 is 11.1 Å². The molecule has 0 spiro atoms. The zero-order valence-electron chi connectivity index (χ0n) is 7.84. The highest BCUT2D eigenvalue weighted by Gasteiger charge is 2.29. The van der Waals surface area contributed by atoms with E-state index in [9.17, 15) is 4.79 Å². The minimum atomic E-state index is -0.277. The Kier molecular flexibility index (Phi) is 3.09. The van der Waals surface area contributed by atoms with Gasteiger partial charge in [-0.15, -0.1) is 0 Å². The van der Waals surface area contributed by atoms with Gasteiger partial charge in [-0.05, 0) is 32.6 Å². The fraction of sp³-hybridized carbons (Fsp3) is 0.889. The normalized spacial score (nSPS) is 20.3. The molecule has 3 nitrogen and oxygen atoms in total. The maximum Gasteiger partial charge on any atom is 0.237 e. The summed E-state index contributed by atoms with van der Waals surface area (Å²) in [7, 11) is 0. The summed E-state index contributed by atoms with van der Waals surface area (Å²) in [5.41, 5.74) is 5.76. The number of rotatable bonds is 3. The molecule has 1 atom stereocenters. The average molecular weight is 170 g/mol. The van der Waals surface area contributed by atoms with Crippen LogP contribution in [0.3, 0.4) is 0 Å². The fourth-order valence-corrected chi connectivity index (χ4v) is 1.39. The van der Waals surface area contributed by atoms with Crippen LogP contribution in [0, 0.1) is 5.92 Å². The van der Waals surface area contributed by atoms with Gasteiger partial charge in [0.1, 0.15) is 0 Å². The first-order chi connectivity index (χ1) is 5.61. The first-order valence-corrected chi connectivity index (χ1v) is 4.67. The highest BCUT2D eigenvalue weighted by molar-refractivity contribution is 5.82. The smallest absolute Gasteiger partial charge is 0.237 e. The topological polar surface area (TPSA) is 55.1 Å². The SMILES string of the molecule is CC(C)NC(=O)C(N)C1CCC1. The number of carbonyl (C=O) groups excluding carboxylic acids is 1. The van der Waals surface area contributed by atoms with Crippen molar-refractivity contribution in [2.24, 2.45) is 11.7 Å². The Morgan fingerprint density at radius 3 is 2.42 bits per heavy atom. The van der Waals surface area contributed by atoms with Crippen molar-refractivity contribution < 1.29 is 4.79 Å². The van der Waals surface area contributed by atoms with Gasteiger partial charge in [0.15, 0.2) is 0 Å². The number of amides is 1. The minimum absolute atomic E-state index is 0.00898. The minimum Gasteiger partial charge on any atom is -0.353 e. The summed E-state index contributed by atoms with van der Waals surface area (Å²) in [6, 6.07) is -0.0789. The van der Waals surface area contributed by atoms with Crippen LogP contribution in [0.1, 0.15) is 33.1 Å². The monoisotopic (exact) mass is 170 g/mol. The number of hydrogen-bond donors (Lipinski definition) is 2. The van der Waals surface area contributed by atoms with Crippen molar-refractivity contribution in [1.29, 1.82) is 0 Å². The molecule has 3 N–H and O–H groups in total. The second-order valence-corrected chi connectivity index (χ2v) is 3.88. The molecule has 0 aliphatic heterocycles. The van der Waals surface area contributed by atoms with Gasteiger partial charge in [-0.1, -0.05) is 6.42 Å². The standard InChI is InChI=1S/C9H18N2O/c1-6(2)11-9(12)8(10)7-4-3-5-7/h6-8H,3-5,10H2,1-2H3,(H,11,12). The van der Waals surface area contributed by atoms with Crippen molar-refractivity contribution in [1.82, 2.24) is 5.32 Å². The first kappa shape index (κ1) is 9.52. The number of nitrogens with one attached hydrogen (secondary N) is 1. The van der Waals surface area contributed by atoms with Crippen molar-refractivity contribution >= 4 is 5.91 Å². The summed E-state index contributed by atoms with van der Waals surface area (Å²) in [6.45, 7) is 3.90. The molecule has 0 bridgehead atoms. The Bertz CT molecular complexity index is 164. The number of hydrogen-bond acceptors (Lipinski definition) is 2. The molecule has 70 valence electrons. The maximum absolute atomic E-state index is 11.4. The Morgan fingerprint density at radius 1 is 1.50 bits per heavy atom. The molecule has 1 unspecified atom stereocenters. The van der Waals surface area contributed by atoms with Crippen molar-refractivity contribution in [3.05, 3.63) is 0 Å². The van der Waals surface area contributed by atoms with Crippen molar-refractivity contribution in [3.63, 3.8) is 0 Å². The maximum atomic E-state index is 11.4. The Morgan fingerprint density at radius 2 is 2.08 bits per heavy atom. The summed E-state index contributed by atoms with van der Waals surface area (Å²) < 4.78 is 0. The molecule has 1 fully saturated rings. The largest absolute Gasteiger partial charge is 0.353 e. The van der Waals surface area contributed by atoms with Crippen LogP contribution in [-0.2, 0) is 4.79 Å². The predicted octanol–water partition coefficient (Wildman–Crippen LogP) is 0.638. The van der Waals surface area contributed by atoms with Gasteiger partial charge in [-0.2, -0.15) is 0 Å². The zero-order chi connectivity index (χ0) is 9.14. The molecule has 1 rings (SSSR count). The van der Waals surface area contributed by atoms with Gasteiger partial charge in [0.05, 0.1) is 6.04 Å². The van der Waals surface area contributed by atoms with Crippen LogP contribution in [0.25, 0.3) is 0 Å². The van der Waals surface area contributed by atoms with E-state index in [4.69, 9.17) is 5.73 Å². The molecule has 1 aliphatic rings. The number of carbonyl (C=O) groups is 1. The van der Waals surface area contributed by atoms with E-state index in [1.807, 2.05) is 13.8 Å². The molecule has 0 aromatic rings. The molecule has 0 heterocycles. The van der Waals surface area contributed by atoms with E-state index in [2.05, 4.69) is 5.32 Å². The van der Waals surface area contributed by atoms with E-state index in [0.717, 1.165) is 12.8 Å². The highest BCUT2D eigenvalue weighted by atomic mass is 16.2. The van der Waals surface area contributed by atoms with E-state index in [1.54, 1.807) is 0 Å². The highest BCUT2D eigenvalue weighted by Crippen LogP contribution is 2.28. The van der Waals surface area contributed by atoms with E-state index in [1.165, 1.54) is 6.42 Å². The molecule has 1 amide bonds. The van der Waals surface area contributed by atoms with E-state index < -0.39 is 0 Å². The second kappa shape index (κ2) is 3.90. The lowest BCUT2D eigenvalue weighted by atomic mass is 9.80. The molecule has 0 aromatic carbocycles. The lowest BCUT2D eigenvalue weighted by Gasteiger charge is -2.30. The van der Waals surface area contributed by atoms with Gasteiger partial charge in [-0.3, -0.25) is 4.79 Å². The van der Waals surface area contributed by atoms with Crippen LogP contribution in [0.15, 0.2) is 0 Å². The lowest BCUT2D eigenvalue weighted by molar-refractivity contribution is -0.124. The van der Waals surface area contributed by atoms with Gasteiger partial charge >= 0.3 is 0 Å². The molecule has 1 saturated carbocycles. The van der Waals surface area contributed by atoms with Crippen molar-refractivity contribution in [2.45, 2.75) is 45.2 Å². The van der Waals surface area contributed by atoms with Gasteiger partial charge in [0.25, 0.3) is 0 Å². The lowest BCUT2D eigenvalue weighted by Crippen LogP contribution is -2.49. The van der Waals surface area contributed by atoms with Crippen LogP contribution in [0.4, 0.5) is 0 Å². The summed E-state index contributed by atoms with van der Waals surface area (Å²) >= 11 is 0. The van der Waals surface area contributed by atoms with Gasteiger partial charge in [0.2, 0.25) is 5.91 Å². The summed E-state index contributed by atoms with van der Waals surface area (Å²) in [4.78, 5) is 11.4. The second-order valence-electron chi connectivity index (χ2n) is 3.88. The zero-order valence-corrected chi connectivity index (χ0v) is 7.84. The fourth-order valence-electron chi connectivity index (χ4n) is 1.39. The molecule has 0 saturated heterocycles. The summed E-state index contributed by atoms with van der Waals surface area (Å²) in [6.07, 6.45) is 3.46. The van der Waals surface area contributed by atoms with Gasteiger partial charge in [-0.25, -0.2) is 0 Å². The summed E-state index contributed by atoms with van der Waals surface area (Å²) in [5, 5.41) is 2.83. The Balaban J connectivity index is 2.30. The van der Waals surface area contributed by atoms with E-state index >= 15 is 0 Å². The third-order valence-corrected chi connectivity index (χ3v) is 2.39. The van der Waals surface area contributed by atoms with Crippen LogP contribution >= 0.6 is 0 Å². The molecule has 0 radical (unpaired) electrons. The molecular formula is C9H18N2O. The molecule has 0 aromatic heterocycles. The molecule has 3 heteroatoms. The van der Waals surface area contributed by atoms with Crippen LogP contribution in [0.2, 0.25) is 0 Å². The first-order valence-electron chi connectivity index (χ1n) is 4.67. The third kappa shape index (κ3) is 2.21. The van der Waals surface area contributed by atoms with Gasteiger partial charge < -0.3 is 11.1 Å². The van der Waals surface area contributed by atoms with Crippen molar-refractivity contribution in [2.75, 3.05) is 0 Å². The van der Waals surface area contributed by atoms with Crippen LogP contribution in [-0.4, -0.2) is 18.0 Å². The van der Waals surface area contributed by atoms with Crippen LogP contribution in [0.5, 0.6) is 0 Å². The molecule has 12 heavy (non-hydrogen) atoms. The number of nitrogens with two attached hydrogens (primary N) is 1. The van der Waals surface area contributed by atoms with Gasteiger partial charge in [0, 0.05) is 6.04 Å².